The monoisotopic (exact) mass is 272 g/mol. The minimum Gasteiger partial charge on any atom is -0.381 e. The van der Waals surface area contributed by atoms with E-state index < -0.39 is 0 Å². The molecule has 2 heterocycles. The summed E-state index contributed by atoms with van der Waals surface area (Å²) in [6, 6.07) is 9.26. The molecule has 3 rings (SSSR count). The highest BCUT2D eigenvalue weighted by atomic mass is 16.5. The van der Waals surface area contributed by atoms with Gasteiger partial charge in [-0.05, 0) is 50.8 Å². The van der Waals surface area contributed by atoms with E-state index in [1.54, 1.807) is 0 Å². The molecule has 1 saturated heterocycles. The molecule has 1 aromatic heterocycles. The molecule has 0 atom stereocenters. The van der Waals surface area contributed by atoms with Crippen LogP contribution in [0.15, 0.2) is 24.3 Å². The van der Waals surface area contributed by atoms with Gasteiger partial charge in [-0.3, -0.25) is 0 Å². The van der Waals surface area contributed by atoms with Crippen molar-refractivity contribution >= 4 is 10.9 Å². The highest BCUT2D eigenvalue weighted by Crippen LogP contribution is 2.22. The van der Waals surface area contributed by atoms with Crippen LogP contribution < -0.4 is 5.32 Å². The molecule has 2 N–H and O–H groups in total. The van der Waals surface area contributed by atoms with Crippen LogP contribution in [-0.2, 0) is 11.2 Å². The van der Waals surface area contributed by atoms with Crippen LogP contribution in [0.3, 0.4) is 0 Å². The molecule has 0 aliphatic carbocycles. The van der Waals surface area contributed by atoms with Crippen molar-refractivity contribution in [2.24, 2.45) is 0 Å². The van der Waals surface area contributed by atoms with Crippen molar-refractivity contribution in [1.82, 2.24) is 10.3 Å². The van der Waals surface area contributed by atoms with Gasteiger partial charge >= 0.3 is 0 Å². The predicted octanol–water partition coefficient (Wildman–Crippen LogP) is 3.18. The lowest BCUT2D eigenvalue weighted by molar-refractivity contribution is 0.0780. The molecule has 108 valence electrons. The Labute approximate surface area is 120 Å². The van der Waals surface area contributed by atoms with E-state index in [9.17, 15) is 0 Å². The Kier molecular flexibility index (Phi) is 4.38. The Morgan fingerprint density at radius 2 is 2.05 bits per heavy atom. The lowest BCUT2D eigenvalue weighted by atomic mass is 10.1. The highest BCUT2D eigenvalue weighted by Gasteiger charge is 2.12. The molecule has 0 spiro atoms. The molecule has 1 aliphatic rings. The molecule has 0 unspecified atom stereocenters. The van der Waals surface area contributed by atoms with Gasteiger partial charge in [0.05, 0.1) is 0 Å². The molecule has 1 aliphatic heterocycles. The number of rotatable bonds is 5. The van der Waals surface area contributed by atoms with Gasteiger partial charge in [0.1, 0.15) is 0 Å². The molecule has 0 saturated carbocycles. The van der Waals surface area contributed by atoms with Crippen LogP contribution in [0.4, 0.5) is 0 Å². The molecule has 0 radical (unpaired) electrons. The second-order valence-electron chi connectivity index (χ2n) is 5.72. The number of fused-ring (bicyclic) bond motifs is 1. The third-order valence-corrected chi connectivity index (χ3v) is 4.28. The van der Waals surface area contributed by atoms with Gasteiger partial charge in [0.15, 0.2) is 0 Å². The van der Waals surface area contributed by atoms with Crippen molar-refractivity contribution in [2.45, 2.75) is 38.6 Å². The molecular weight excluding hydrogens is 248 g/mol. The molecule has 0 bridgehead atoms. The number of H-pyrrole nitrogens is 1. The van der Waals surface area contributed by atoms with Crippen LogP contribution in [-0.4, -0.2) is 30.8 Å². The SMILES string of the molecule is Cc1[nH]c2ccccc2c1CCCNC1CCOCC1. The molecule has 20 heavy (non-hydrogen) atoms. The first kappa shape index (κ1) is 13.7. The fraction of sp³-hybridized carbons (Fsp3) is 0.529. The van der Waals surface area contributed by atoms with Crippen molar-refractivity contribution in [3.05, 3.63) is 35.5 Å². The summed E-state index contributed by atoms with van der Waals surface area (Å²) in [7, 11) is 0. The van der Waals surface area contributed by atoms with Crippen LogP contribution in [0.25, 0.3) is 10.9 Å². The maximum Gasteiger partial charge on any atom is 0.0480 e. The molecule has 3 nitrogen and oxygen atoms in total. The fourth-order valence-corrected chi connectivity index (χ4v) is 3.13. The van der Waals surface area contributed by atoms with Gasteiger partial charge in [0.2, 0.25) is 0 Å². The summed E-state index contributed by atoms with van der Waals surface area (Å²) in [5.41, 5.74) is 4.06. The van der Waals surface area contributed by atoms with Crippen molar-refractivity contribution in [3.8, 4) is 0 Å². The minimum absolute atomic E-state index is 0.660. The average Bonchev–Trinajstić information content (AvgIpc) is 2.80. The molecular formula is C17H24N2O. The van der Waals surface area contributed by atoms with Gasteiger partial charge in [-0.1, -0.05) is 18.2 Å². The second-order valence-corrected chi connectivity index (χ2v) is 5.72. The molecule has 3 heteroatoms. The highest BCUT2D eigenvalue weighted by molar-refractivity contribution is 5.84. The van der Waals surface area contributed by atoms with Gasteiger partial charge in [0, 0.05) is 35.9 Å². The van der Waals surface area contributed by atoms with Gasteiger partial charge in [0.25, 0.3) is 0 Å². The number of aromatic amines is 1. The Balaban J connectivity index is 1.53. The summed E-state index contributed by atoms with van der Waals surface area (Å²) in [5.74, 6) is 0. The van der Waals surface area contributed by atoms with E-state index in [4.69, 9.17) is 4.74 Å². The molecule has 1 fully saturated rings. The van der Waals surface area contributed by atoms with Crippen molar-refractivity contribution in [1.29, 1.82) is 0 Å². The Morgan fingerprint density at radius 3 is 2.90 bits per heavy atom. The number of aromatic nitrogens is 1. The fourth-order valence-electron chi connectivity index (χ4n) is 3.13. The molecule has 0 amide bonds. The van der Waals surface area contributed by atoms with Crippen molar-refractivity contribution in [3.63, 3.8) is 0 Å². The number of hydrogen-bond acceptors (Lipinski definition) is 2. The van der Waals surface area contributed by atoms with Gasteiger partial charge in [-0.15, -0.1) is 0 Å². The van der Waals surface area contributed by atoms with Crippen LogP contribution in [0, 0.1) is 6.92 Å². The number of ether oxygens (including phenoxy) is 1. The molecule has 2 aromatic rings. The maximum atomic E-state index is 5.38. The van der Waals surface area contributed by atoms with Crippen LogP contribution in [0.5, 0.6) is 0 Å². The average molecular weight is 272 g/mol. The number of aryl methyl sites for hydroxylation is 2. The first-order valence-electron chi connectivity index (χ1n) is 7.72. The smallest absolute Gasteiger partial charge is 0.0480 e. The van der Waals surface area contributed by atoms with Crippen LogP contribution >= 0.6 is 0 Å². The quantitative estimate of drug-likeness (QED) is 0.820. The number of hydrogen-bond donors (Lipinski definition) is 2. The van der Waals surface area contributed by atoms with E-state index in [0.717, 1.165) is 39.0 Å². The predicted molar refractivity (Wildman–Crippen MR) is 83.2 cm³/mol. The maximum absolute atomic E-state index is 5.38. The third-order valence-electron chi connectivity index (χ3n) is 4.28. The standard InChI is InChI=1S/C17H24N2O/c1-13-15(16-5-2-3-7-17(16)19-13)6-4-10-18-14-8-11-20-12-9-14/h2-3,5,7,14,18-19H,4,6,8-12H2,1H3. The van der Waals surface area contributed by atoms with E-state index in [2.05, 4.69) is 41.5 Å². The van der Waals surface area contributed by atoms with Crippen molar-refractivity contribution < 1.29 is 4.74 Å². The topological polar surface area (TPSA) is 37.0 Å². The zero-order valence-electron chi connectivity index (χ0n) is 12.2. The summed E-state index contributed by atoms with van der Waals surface area (Å²) < 4.78 is 5.38. The van der Waals surface area contributed by atoms with E-state index in [-0.39, 0.29) is 0 Å². The second kappa shape index (κ2) is 6.42. The van der Waals surface area contributed by atoms with E-state index in [1.807, 2.05) is 0 Å². The summed E-state index contributed by atoms with van der Waals surface area (Å²) in [4.78, 5) is 3.48. The first-order chi connectivity index (χ1) is 9.84. The van der Waals surface area contributed by atoms with E-state index in [0.29, 0.717) is 6.04 Å². The summed E-state index contributed by atoms with van der Waals surface area (Å²) in [6.45, 7) is 5.11. The normalized spacial score (nSPS) is 16.9. The Bertz CT molecular complexity index is 555. The summed E-state index contributed by atoms with van der Waals surface area (Å²) in [5, 5.41) is 5.05. The zero-order valence-corrected chi connectivity index (χ0v) is 12.2. The van der Waals surface area contributed by atoms with E-state index in [1.165, 1.54) is 28.6 Å². The number of para-hydroxylation sites is 1. The van der Waals surface area contributed by atoms with Crippen molar-refractivity contribution in [2.75, 3.05) is 19.8 Å². The van der Waals surface area contributed by atoms with E-state index >= 15 is 0 Å². The molecule has 1 aromatic carbocycles. The Morgan fingerprint density at radius 1 is 1.25 bits per heavy atom. The lowest BCUT2D eigenvalue weighted by Gasteiger charge is -2.23. The van der Waals surface area contributed by atoms with Crippen LogP contribution in [0.1, 0.15) is 30.5 Å². The van der Waals surface area contributed by atoms with Gasteiger partial charge in [-0.25, -0.2) is 0 Å². The number of benzene rings is 1. The summed E-state index contributed by atoms with van der Waals surface area (Å²) >= 11 is 0. The van der Waals surface area contributed by atoms with Gasteiger partial charge in [-0.2, -0.15) is 0 Å². The number of nitrogens with one attached hydrogen (secondary N) is 2. The zero-order chi connectivity index (χ0) is 13.8. The first-order valence-corrected chi connectivity index (χ1v) is 7.72. The largest absolute Gasteiger partial charge is 0.381 e. The summed E-state index contributed by atoms with van der Waals surface area (Å²) in [6.07, 6.45) is 4.66. The van der Waals surface area contributed by atoms with Gasteiger partial charge < -0.3 is 15.0 Å². The van der Waals surface area contributed by atoms with Crippen LogP contribution in [0.2, 0.25) is 0 Å². The third kappa shape index (κ3) is 3.05. The minimum atomic E-state index is 0.660. The Hall–Kier alpha value is -1.32. The lowest BCUT2D eigenvalue weighted by Crippen LogP contribution is -2.35.